The number of fused-ring (bicyclic) bond motifs is 3. The number of hydrogen-bond donors (Lipinski definition) is 0. The number of carbonyl (C=O) groups is 1. The fourth-order valence-electron chi connectivity index (χ4n) is 3.16. The highest BCUT2D eigenvalue weighted by Gasteiger charge is 2.20. The predicted molar refractivity (Wildman–Crippen MR) is 95.2 cm³/mol. The smallest absolute Gasteiger partial charge is 0.231 e. The lowest BCUT2D eigenvalue weighted by molar-refractivity contribution is 0.0988. The molecular weight excluding hydrogens is 320 g/mol. The summed E-state index contributed by atoms with van der Waals surface area (Å²) in [6.07, 6.45) is 6.73. The van der Waals surface area contributed by atoms with Crippen LogP contribution in [0.5, 0.6) is 11.6 Å². The summed E-state index contributed by atoms with van der Waals surface area (Å²) >= 11 is 1.76. The molecule has 4 nitrogen and oxygen atoms in total. The molecule has 1 aromatic carbocycles. The molecule has 0 radical (unpaired) electrons. The normalized spacial score (nSPS) is 13.7. The molecular formula is C19H18N2O2S. The van der Waals surface area contributed by atoms with Crippen LogP contribution in [-0.4, -0.2) is 15.8 Å². The molecule has 0 amide bonds. The van der Waals surface area contributed by atoms with E-state index in [2.05, 4.69) is 9.97 Å². The Bertz CT molecular complexity index is 900. The maximum Gasteiger partial charge on any atom is 0.231 e. The van der Waals surface area contributed by atoms with E-state index in [0.29, 0.717) is 23.6 Å². The van der Waals surface area contributed by atoms with E-state index in [0.717, 1.165) is 23.1 Å². The Balaban J connectivity index is 1.69. The molecule has 122 valence electrons. The van der Waals surface area contributed by atoms with E-state index < -0.39 is 0 Å². The summed E-state index contributed by atoms with van der Waals surface area (Å²) < 4.78 is 6.03. The summed E-state index contributed by atoms with van der Waals surface area (Å²) in [5, 5.41) is 1.06. The highest BCUT2D eigenvalue weighted by atomic mass is 32.1. The van der Waals surface area contributed by atoms with E-state index in [9.17, 15) is 4.79 Å². The lowest BCUT2D eigenvalue weighted by Gasteiger charge is -2.12. The van der Waals surface area contributed by atoms with Crippen molar-refractivity contribution < 1.29 is 9.53 Å². The third-order valence-electron chi connectivity index (χ3n) is 4.43. The molecule has 0 spiro atoms. The van der Waals surface area contributed by atoms with Gasteiger partial charge in [0.2, 0.25) is 5.88 Å². The van der Waals surface area contributed by atoms with E-state index in [-0.39, 0.29) is 5.78 Å². The largest absolute Gasteiger partial charge is 0.438 e. The molecule has 4 rings (SSSR count). The molecule has 1 aliphatic carbocycles. The molecule has 24 heavy (non-hydrogen) atoms. The average molecular weight is 338 g/mol. The Morgan fingerprint density at radius 2 is 1.96 bits per heavy atom. The highest BCUT2D eigenvalue weighted by molar-refractivity contribution is 7.18. The van der Waals surface area contributed by atoms with Gasteiger partial charge in [-0.05, 0) is 55.5 Å². The van der Waals surface area contributed by atoms with Crippen LogP contribution in [0.15, 0.2) is 30.6 Å². The number of ether oxygens (including phenoxy) is 1. The third kappa shape index (κ3) is 2.69. The number of Topliss-reactive ketones (excluding diaryl/α,β-unsaturated/α-hetero) is 1. The van der Waals surface area contributed by atoms with Gasteiger partial charge in [-0.3, -0.25) is 4.79 Å². The van der Waals surface area contributed by atoms with Gasteiger partial charge in [0, 0.05) is 16.9 Å². The summed E-state index contributed by atoms with van der Waals surface area (Å²) in [5.74, 6) is 1.45. The predicted octanol–water partition coefficient (Wildman–Crippen LogP) is 4.96. The number of aryl methyl sites for hydroxylation is 2. The van der Waals surface area contributed by atoms with E-state index in [1.54, 1.807) is 17.7 Å². The zero-order chi connectivity index (χ0) is 16.5. The van der Waals surface area contributed by atoms with E-state index in [1.807, 2.05) is 31.2 Å². The third-order valence-corrected chi connectivity index (χ3v) is 5.63. The molecule has 2 heterocycles. The molecule has 0 bridgehead atoms. The summed E-state index contributed by atoms with van der Waals surface area (Å²) in [5.41, 5.74) is 2.07. The van der Waals surface area contributed by atoms with Crippen molar-refractivity contribution in [2.45, 2.75) is 39.0 Å². The van der Waals surface area contributed by atoms with E-state index >= 15 is 0 Å². The molecule has 0 aliphatic heterocycles. The van der Waals surface area contributed by atoms with Crippen LogP contribution in [0.25, 0.3) is 10.2 Å². The zero-order valence-corrected chi connectivity index (χ0v) is 14.4. The van der Waals surface area contributed by atoms with Crippen molar-refractivity contribution in [3.05, 3.63) is 46.6 Å². The monoisotopic (exact) mass is 338 g/mol. The van der Waals surface area contributed by atoms with Crippen molar-refractivity contribution in [1.82, 2.24) is 9.97 Å². The fourth-order valence-corrected chi connectivity index (χ4v) is 4.38. The van der Waals surface area contributed by atoms with Crippen LogP contribution in [0.1, 0.15) is 47.0 Å². The molecule has 0 saturated carbocycles. The van der Waals surface area contributed by atoms with Gasteiger partial charge in [0.25, 0.3) is 0 Å². The standard InChI is InChI=1S/C19H18N2O2S/c1-2-15(22)12-7-9-13(10-8-12)23-18-17-14-5-3-4-6-16(14)24-19(17)21-11-20-18/h7-11H,2-6H2,1H3. The Morgan fingerprint density at radius 3 is 2.75 bits per heavy atom. The van der Waals surface area contributed by atoms with Gasteiger partial charge in [0.15, 0.2) is 5.78 Å². The second-order valence-corrected chi connectivity index (χ2v) is 7.06. The lowest BCUT2D eigenvalue weighted by atomic mass is 9.97. The zero-order valence-electron chi connectivity index (χ0n) is 13.5. The molecule has 2 aromatic heterocycles. The second-order valence-electron chi connectivity index (χ2n) is 5.97. The van der Waals surface area contributed by atoms with Gasteiger partial charge >= 0.3 is 0 Å². The van der Waals surface area contributed by atoms with Crippen molar-refractivity contribution in [3.63, 3.8) is 0 Å². The quantitative estimate of drug-likeness (QED) is 0.631. The first kappa shape index (κ1) is 15.3. The second kappa shape index (κ2) is 6.32. The van der Waals surface area contributed by atoms with Crippen molar-refractivity contribution in [1.29, 1.82) is 0 Å². The number of aromatic nitrogens is 2. The van der Waals surface area contributed by atoms with E-state index in [4.69, 9.17) is 4.74 Å². The minimum atomic E-state index is 0.137. The fraction of sp³-hybridized carbons (Fsp3) is 0.316. The van der Waals surface area contributed by atoms with Crippen LogP contribution >= 0.6 is 11.3 Å². The SMILES string of the molecule is CCC(=O)c1ccc(Oc2ncnc3sc4c(c23)CCCC4)cc1. The molecule has 0 saturated heterocycles. The van der Waals surface area contributed by atoms with Gasteiger partial charge in [-0.25, -0.2) is 9.97 Å². The maximum absolute atomic E-state index is 11.7. The van der Waals surface area contributed by atoms with Crippen LogP contribution in [0, 0.1) is 0 Å². The summed E-state index contributed by atoms with van der Waals surface area (Å²) in [6, 6.07) is 7.27. The number of ketones is 1. The molecule has 0 fully saturated rings. The van der Waals surface area contributed by atoms with Gasteiger partial charge in [0.1, 0.15) is 16.9 Å². The van der Waals surface area contributed by atoms with Gasteiger partial charge < -0.3 is 4.74 Å². The molecule has 0 atom stereocenters. The molecule has 0 unspecified atom stereocenters. The number of hydrogen-bond acceptors (Lipinski definition) is 5. The van der Waals surface area contributed by atoms with Crippen LogP contribution in [0.2, 0.25) is 0 Å². The van der Waals surface area contributed by atoms with Gasteiger partial charge in [-0.1, -0.05) is 6.92 Å². The van der Waals surface area contributed by atoms with Crippen molar-refractivity contribution >= 4 is 27.3 Å². The first-order valence-corrected chi connectivity index (χ1v) is 9.14. The Hall–Kier alpha value is -2.27. The Kier molecular flexibility index (Phi) is 4.02. The number of benzene rings is 1. The average Bonchev–Trinajstić information content (AvgIpc) is 3.01. The number of rotatable bonds is 4. The topological polar surface area (TPSA) is 52.1 Å². The first-order valence-electron chi connectivity index (χ1n) is 8.32. The van der Waals surface area contributed by atoms with Crippen molar-refractivity contribution in [2.75, 3.05) is 0 Å². The van der Waals surface area contributed by atoms with Gasteiger partial charge in [0.05, 0.1) is 5.39 Å². The summed E-state index contributed by atoms with van der Waals surface area (Å²) in [4.78, 5) is 22.9. The summed E-state index contributed by atoms with van der Waals surface area (Å²) in [6.45, 7) is 1.87. The molecule has 5 heteroatoms. The number of nitrogens with zero attached hydrogens (tertiary/aromatic N) is 2. The van der Waals surface area contributed by atoms with Crippen molar-refractivity contribution in [3.8, 4) is 11.6 Å². The molecule has 1 aliphatic rings. The minimum Gasteiger partial charge on any atom is -0.438 e. The number of thiophene rings is 1. The molecule has 3 aromatic rings. The highest BCUT2D eigenvalue weighted by Crippen LogP contribution is 2.40. The Labute approximate surface area is 144 Å². The van der Waals surface area contributed by atoms with Crippen LogP contribution in [0.3, 0.4) is 0 Å². The molecule has 0 N–H and O–H groups in total. The Morgan fingerprint density at radius 1 is 1.17 bits per heavy atom. The van der Waals surface area contributed by atoms with Crippen LogP contribution < -0.4 is 4.74 Å². The minimum absolute atomic E-state index is 0.137. The maximum atomic E-state index is 11.7. The van der Waals surface area contributed by atoms with Crippen LogP contribution in [0.4, 0.5) is 0 Å². The summed E-state index contributed by atoms with van der Waals surface area (Å²) in [7, 11) is 0. The number of carbonyl (C=O) groups excluding carboxylic acids is 1. The van der Waals surface area contributed by atoms with Crippen LogP contribution in [-0.2, 0) is 12.8 Å². The van der Waals surface area contributed by atoms with Crippen molar-refractivity contribution in [2.24, 2.45) is 0 Å². The first-order chi connectivity index (χ1) is 11.8. The van der Waals surface area contributed by atoms with Gasteiger partial charge in [-0.2, -0.15) is 0 Å². The van der Waals surface area contributed by atoms with Gasteiger partial charge in [-0.15, -0.1) is 11.3 Å². The lowest BCUT2D eigenvalue weighted by Crippen LogP contribution is -1.99. The van der Waals surface area contributed by atoms with E-state index in [1.165, 1.54) is 23.3 Å².